The monoisotopic (exact) mass is 403 g/mol. The van der Waals surface area contributed by atoms with Gasteiger partial charge in [0.15, 0.2) is 0 Å². The number of hydrogen-bond acceptors (Lipinski definition) is 4. The molecule has 6 rings (SSSR count). The first-order valence-electron chi connectivity index (χ1n) is 10.7. The minimum atomic E-state index is -3.70. The van der Waals surface area contributed by atoms with Gasteiger partial charge in [0.2, 0.25) is 15.9 Å². The molecule has 0 radical (unpaired) electrons. The van der Waals surface area contributed by atoms with Crippen molar-refractivity contribution in [3.05, 3.63) is 24.0 Å². The van der Waals surface area contributed by atoms with Gasteiger partial charge in [0, 0.05) is 24.5 Å². The van der Waals surface area contributed by atoms with Crippen LogP contribution in [0.1, 0.15) is 50.6 Å². The zero-order valence-corrected chi connectivity index (χ0v) is 17.2. The molecule has 7 heteroatoms. The minimum Gasteiger partial charge on any atom is -0.351 e. The fraction of sp³-hybridized carbons (Fsp3) is 0.714. The van der Waals surface area contributed by atoms with Crippen LogP contribution in [0.3, 0.4) is 0 Å². The molecule has 0 unspecified atom stereocenters. The summed E-state index contributed by atoms with van der Waals surface area (Å²) in [5.41, 5.74) is 0.775. The Bertz CT molecular complexity index is 839. The number of hydrogen-bond donors (Lipinski definition) is 1. The van der Waals surface area contributed by atoms with Crippen LogP contribution in [-0.4, -0.2) is 42.2 Å². The highest BCUT2D eigenvalue weighted by molar-refractivity contribution is 7.89. The van der Waals surface area contributed by atoms with E-state index in [0.29, 0.717) is 24.8 Å². The van der Waals surface area contributed by atoms with E-state index >= 15 is 0 Å². The molecule has 5 aliphatic rings. The van der Waals surface area contributed by atoms with Crippen LogP contribution in [0, 0.1) is 30.6 Å². The molecule has 0 aromatic carbocycles. The van der Waals surface area contributed by atoms with Crippen molar-refractivity contribution in [2.45, 2.75) is 68.8 Å². The molecule has 152 valence electrons. The standard InChI is InChI=1S/C21H29N3O3S/c1-13-4-5-18(12-22-13)28(26,27)24-6-2-3-19(24)21(25)23-20-16-8-14-7-15(10-16)11-17(20)9-14/h4-5,12,14-17,19-20H,2-3,6-11H2,1H3,(H,23,25)/t14?,15?,16?,17?,19-,20?/m1/s1. The molecule has 6 nitrogen and oxygen atoms in total. The molecule has 1 N–H and O–H groups in total. The maximum Gasteiger partial charge on any atom is 0.245 e. The van der Waals surface area contributed by atoms with Gasteiger partial charge in [-0.25, -0.2) is 8.42 Å². The van der Waals surface area contributed by atoms with Crippen LogP contribution in [0.4, 0.5) is 0 Å². The highest BCUT2D eigenvalue weighted by Crippen LogP contribution is 2.53. The number of nitrogens with one attached hydrogen (secondary N) is 1. The van der Waals surface area contributed by atoms with E-state index in [1.807, 2.05) is 6.92 Å². The average molecular weight is 404 g/mol. The number of rotatable bonds is 4. The largest absolute Gasteiger partial charge is 0.351 e. The van der Waals surface area contributed by atoms with E-state index in [9.17, 15) is 13.2 Å². The molecule has 1 aromatic rings. The third-order valence-electron chi connectivity index (χ3n) is 7.53. The van der Waals surface area contributed by atoms with Crippen LogP contribution >= 0.6 is 0 Å². The van der Waals surface area contributed by atoms with E-state index in [1.165, 1.54) is 42.6 Å². The van der Waals surface area contributed by atoms with Crippen molar-refractivity contribution >= 4 is 15.9 Å². The van der Waals surface area contributed by atoms with Crippen molar-refractivity contribution < 1.29 is 13.2 Å². The molecule has 5 fully saturated rings. The van der Waals surface area contributed by atoms with Gasteiger partial charge in [0.25, 0.3) is 0 Å². The Balaban J connectivity index is 1.32. The van der Waals surface area contributed by atoms with Crippen LogP contribution in [0.5, 0.6) is 0 Å². The summed E-state index contributed by atoms with van der Waals surface area (Å²) in [6.07, 6.45) is 9.04. The Morgan fingerprint density at radius 3 is 2.39 bits per heavy atom. The number of amides is 1. The number of carbonyl (C=O) groups is 1. The summed E-state index contributed by atoms with van der Waals surface area (Å²) in [4.78, 5) is 17.4. The number of sulfonamides is 1. The van der Waals surface area contributed by atoms with Crippen molar-refractivity contribution in [2.24, 2.45) is 23.7 Å². The van der Waals surface area contributed by atoms with E-state index in [4.69, 9.17) is 0 Å². The Morgan fingerprint density at radius 2 is 1.79 bits per heavy atom. The summed E-state index contributed by atoms with van der Waals surface area (Å²) >= 11 is 0. The zero-order valence-electron chi connectivity index (χ0n) is 16.4. The van der Waals surface area contributed by atoms with Gasteiger partial charge in [-0.3, -0.25) is 9.78 Å². The summed E-state index contributed by atoms with van der Waals surface area (Å²) in [6.45, 7) is 2.23. The van der Waals surface area contributed by atoms with Gasteiger partial charge >= 0.3 is 0 Å². The molecule has 4 bridgehead atoms. The van der Waals surface area contributed by atoms with Crippen molar-refractivity contribution in [3.63, 3.8) is 0 Å². The normalized spacial score (nSPS) is 37.3. The number of pyridine rings is 1. The lowest BCUT2D eigenvalue weighted by Crippen LogP contribution is -2.58. The number of carbonyl (C=O) groups excluding carboxylic acids is 1. The molecule has 1 aromatic heterocycles. The first-order chi connectivity index (χ1) is 13.4. The second-order valence-electron chi connectivity index (χ2n) is 9.37. The average Bonchev–Trinajstić information content (AvgIpc) is 3.15. The van der Waals surface area contributed by atoms with Gasteiger partial charge in [-0.05, 0) is 87.7 Å². The lowest BCUT2D eigenvalue weighted by molar-refractivity contribution is -0.128. The third kappa shape index (κ3) is 3.07. The summed E-state index contributed by atoms with van der Waals surface area (Å²) in [5.74, 6) is 2.79. The summed E-state index contributed by atoms with van der Waals surface area (Å²) in [5, 5.41) is 3.31. The molecule has 0 spiro atoms. The highest BCUT2D eigenvalue weighted by atomic mass is 32.2. The Hall–Kier alpha value is -1.47. The zero-order chi connectivity index (χ0) is 19.5. The molecule has 4 saturated carbocycles. The molecule has 1 saturated heterocycles. The Labute approximate surface area is 167 Å². The first-order valence-corrected chi connectivity index (χ1v) is 12.1. The van der Waals surface area contributed by atoms with Crippen LogP contribution in [-0.2, 0) is 14.8 Å². The fourth-order valence-corrected chi connectivity index (χ4v) is 8.06. The Kier molecular flexibility index (Phi) is 4.51. The molecule has 2 heterocycles. The van der Waals surface area contributed by atoms with Crippen molar-refractivity contribution in [3.8, 4) is 0 Å². The summed E-state index contributed by atoms with van der Waals surface area (Å²) in [6, 6.07) is 2.94. The molecular weight excluding hydrogens is 374 g/mol. The predicted molar refractivity (Wildman–Crippen MR) is 105 cm³/mol. The minimum absolute atomic E-state index is 0.0985. The van der Waals surface area contributed by atoms with E-state index in [0.717, 1.165) is 24.0 Å². The van der Waals surface area contributed by atoms with Gasteiger partial charge in [0.1, 0.15) is 10.9 Å². The number of nitrogens with zero attached hydrogens (tertiary/aromatic N) is 2. The summed E-state index contributed by atoms with van der Waals surface area (Å²) in [7, 11) is -3.70. The van der Waals surface area contributed by atoms with Crippen LogP contribution in [0.2, 0.25) is 0 Å². The van der Waals surface area contributed by atoms with Crippen molar-refractivity contribution in [1.29, 1.82) is 0 Å². The van der Waals surface area contributed by atoms with Crippen molar-refractivity contribution in [2.75, 3.05) is 6.54 Å². The quantitative estimate of drug-likeness (QED) is 0.838. The highest BCUT2D eigenvalue weighted by Gasteiger charge is 2.49. The maximum atomic E-state index is 13.1. The molecular formula is C21H29N3O3S. The molecule has 1 atom stereocenters. The van der Waals surface area contributed by atoms with E-state index in [1.54, 1.807) is 12.1 Å². The lowest BCUT2D eigenvalue weighted by atomic mass is 9.54. The molecule has 1 aliphatic heterocycles. The topological polar surface area (TPSA) is 79.4 Å². The SMILES string of the molecule is Cc1ccc(S(=O)(=O)N2CCC[C@@H]2C(=O)NC2C3CC4CC(C3)CC2C4)cn1. The second kappa shape index (κ2) is 6.80. The summed E-state index contributed by atoms with van der Waals surface area (Å²) < 4.78 is 27.6. The second-order valence-corrected chi connectivity index (χ2v) is 11.3. The Morgan fingerprint density at radius 1 is 1.11 bits per heavy atom. The molecule has 28 heavy (non-hydrogen) atoms. The van der Waals surface area contributed by atoms with E-state index in [2.05, 4.69) is 10.3 Å². The molecule has 4 aliphatic carbocycles. The van der Waals surface area contributed by atoms with Crippen molar-refractivity contribution in [1.82, 2.24) is 14.6 Å². The maximum absolute atomic E-state index is 13.1. The number of aryl methyl sites for hydroxylation is 1. The van der Waals surface area contributed by atoms with Gasteiger partial charge in [-0.1, -0.05) is 0 Å². The van der Waals surface area contributed by atoms with Gasteiger partial charge in [-0.2, -0.15) is 4.31 Å². The van der Waals surface area contributed by atoms with Gasteiger partial charge < -0.3 is 5.32 Å². The molecule has 1 amide bonds. The lowest BCUT2D eigenvalue weighted by Gasteiger charge is -2.54. The van der Waals surface area contributed by atoms with Crippen LogP contribution in [0.25, 0.3) is 0 Å². The predicted octanol–water partition coefficient (Wildman–Crippen LogP) is 2.48. The van der Waals surface area contributed by atoms with Crippen LogP contribution < -0.4 is 5.32 Å². The first kappa shape index (κ1) is 18.6. The third-order valence-corrected chi connectivity index (χ3v) is 9.42. The number of aromatic nitrogens is 1. The smallest absolute Gasteiger partial charge is 0.245 e. The van der Waals surface area contributed by atoms with Gasteiger partial charge in [-0.15, -0.1) is 0 Å². The van der Waals surface area contributed by atoms with E-state index < -0.39 is 16.1 Å². The van der Waals surface area contributed by atoms with Gasteiger partial charge in [0.05, 0.1) is 0 Å². The fourth-order valence-electron chi connectivity index (χ4n) is 6.45. The van der Waals surface area contributed by atoms with E-state index in [-0.39, 0.29) is 16.8 Å². The van der Waals surface area contributed by atoms with Crippen LogP contribution in [0.15, 0.2) is 23.2 Å².